The summed E-state index contributed by atoms with van der Waals surface area (Å²) in [5, 5.41) is 5.86. The van der Waals surface area contributed by atoms with Gasteiger partial charge in [0.05, 0.1) is 12.3 Å². The Balaban J connectivity index is 1.94. The third-order valence-electron chi connectivity index (χ3n) is 3.39. The Morgan fingerprint density at radius 3 is 3.11 bits per heavy atom. The molecule has 1 aromatic rings. The lowest BCUT2D eigenvalue weighted by Crippen LogP contribution is -2.36. The van der Waals surface area contributed by atoms with Crippen LogP contribution in [0.4, 0.5) is 5.69 Å². The lowest BCUT2D eigenvalue weighted by molar-refractivity contribution is -0.117. The molecule has 6 nitrogen and oxygen atoms in total. The van der Waals surface area contributed by atoms with E-state index in [1.807, 2.05) is 0 Å². The number of anilines is 1. The van der Waals surface area contributed by atoms with Crippen molar-refractivity contribution in [1.29, 1.82) is 0 Å². The van der Waals surface area contributed by atoms with Crippen LogP contribution in [0.15, 0.2) is 17.5 Å². The third kappa shape index (κ3) is 1.89. The summed E-state index contributed by atoms with van der Waals surface area (Å²) in [5.41, 5.74) is 3.70. The Morgan fingerprint density at radius 2 is 2.32 bits per heavy atom. The van der Waals surface area contributed by atoms with E-state index in [2.05, 4.69) is 15.6 Å². The SMILES string of the molecule is CCOC(=O)c1[nH]cc2c1NC1=C(CCNC1=O)C2. The third-order valence-corrected chi connectivity index (χ3v) is 3.39. The summed E-state index contributed by atoms with van der Waals surface area (Å²) >= 11 is 0. The van der Waals surface area contributed by atoms with E-state index >= 15 is 0 Å². The number of hydrogen-bond acceptors (Lipinski definition) is 4. The lowest BCUT2D eigenvalue weighted by Gasteiger charge is -2.26. The van der Waals surface area contributed by atoms with Crippen LogP contribution in [0.2, 0.25) is 0 Å². The van der Waals surface area contributed by atoms with Crippen molar-refractivity contribution in [3.63, 3.8) is 0 Å². The number of aromatic nitrogens is 1. The quantitative estimate of drug-likeness (QED) is 0.692. The Morgan fingerprint density at radius 1 is 1.47 bits per heavy atom. The van der Waals surface area contributed by atoms with E-state index in [9.17, 15) is 9.59 Å². The van der Waals surface area contributed by atoms with Crippen molar-refractivity contribution in [2.45, 2.75) is 19.8 Å². The van der Waals surface area contributed by atoms with Crippen LogP contribution < -0.4 is 10.6 Å². The molecular weight excluding hydrogens is 246 g/mol. The van der Waals surface area contributed by atoms with Gasteiger partial charge in [-0.1, -0.05) is 0 Å². The highest BCUT2D eigenvalue weighted by Gasteiger charge is 2.29. The molecule has 0 saturated heterocycles. The maximum atomic E-state index is 11.8. The van der Waals surface area contributed by atoms with Gasteiger partial charge in [-0.05, 0) is 30.9 Å². The van der Waals surface area contributed by atoms with Crippen LogP contribution in [0.5, 0.6) is 0 Å². The van der Waals surface area contributed by atoms with Gasteiger partial charge in [-0.25, -0.2) is 4.79 Å². The smallest absolute Gasteiger partial charge is 0.356 e. The number of amides is 1. The van der Waals surface area contributed by atoms with Crippen LogP contribution in [0.3, 0.4) is 0 Å². The predicted octanol–water partition coefficient (Wildman–Crippen LogP) is 0.933. The first-order valence-corrected chi connectivity index (χ1v) is 6.35. The molecule has 2 aliphatic heterocycles. The standard InChI is InChI=1S/C13H15N3O3/c1-2-19-13(18)11-9-8(6-15-11)5-7-3-4-14-12(17)10(7)16-9/h6,15-16H,2-5H2,1H3,(H,14,17). The van der Waals surface area contributed by atoms with Gasteiger partial charge in [-0.3, -0.25) is 4.79 Å². The van der Waals surface area contributed by atoms with Crippen LogP contribution >= 0.6 is 0 Å². The fourth-order valence-corrected chi connectivity index (χ4v) is 2.49. The summed E-state index contributed by atoms with van der Waals surface area (Å²) < 4.78 is 4.99. The van der Waals surface area contributed by atoms with Crippen LogP contribution in [0, 0.1) is 0 Å². The minimum atomic E-state index is -0.406. The molecular formula is C13H15N3O3. The van der Waals surface area contributed by atoms with Gasteiger partial charge in [0.25, 0.3) is 5.91 Å². The highest BCUT2D eigenvalue weighted by molar-refractivity contribution is 6.02. The topological polar surface area (TPSA) is 83.2 Å². The normalized spacial score (nSPS) is 17.2. The molecule has 1 aromatic heterocycles. The van der Waals surface area contributed by atoms with Gasteiger partial charge in [0.2, 0.25) is 0 Å². The van der Waals surface area contributed by atoms with E-state index in [0.29, 0.717) is 36.7 Å². The minimum absolute atomic E-state index is 0.108. The second kappa shape index (κ2) is 4.46. The maximum absolute atomic E-state index is 11.8. The lowest BCUT2D eigenvalue weighted by atomic mass is 9.94. The van der Waals surface area contributed by atoms with Crippen LogP contribution in [0.1, 0.15) is 29.4 Å². The molecule has 0 spiro atoms. The molecule has 0 unspecified atom stereocenters. The number of esters is 1. The fraction of sp³-hybridized carbons (Fsp3) is 0.385. The predicted molar refractivity (Wildman–Crippen MR) is 68.7 cm³/mol. The summed E-state index contributed by atoms with van der Waals surface area (Å²) in [7, 11) is 0. The van der Waals surface area contributed by atoms with Crippen LogP contribution in [-0.4, -0.2) is 30.0 Å². The zero-order chi connectivity index (χ0) is 13.4. The average Bonchev–Trinajstić information content (AvgIpc) is 2.80. The second-order valence-corrected chi connectivity index (χ2v) is 4.57. The first kappa shape index (κ1) is 11.8. The van der Waals surface area contributed by atoms with E-state index in [1.165, 1.54) is 0 Å². The zero-order valence-electron chi connectivity index (χ0n) is 10.6. The highest BCUT2D eigenvalue weighted by atomic mass is 16.5. The van der Waals surface area contributed by atoms with Crippen molar-refractivity contribution in [2.75, 3.05) is 18.5 Å². The minimum Gasteiger partial charge on any atom is -0.461 e. The number of carbonyl (C=O) groups excluding carboxylic acids is 2. The van der Waals surface area contributed by atoms with E-state index < -0.39 is 5.97 Å². The molecule has 3 N–H and O–H groups in total. The van der Waals surface area contributed by atoms with Crippen molar-refractivity contribution < 1.29 is 14.3 Å². The van der Waals surface area contributed by atoms with Crippen LogP contribution in [0.25, 0.3) is 0 Å². The molecule has 0 fully saturated rings. The largest absolute Gasteiger partial charge is 0.461 e. The molecule has 100 valence electrons. The van der Waals surface area contributed by atoms with Gasteiger partial charge >= 0.3 is 5.97 Å². The number of nitrogens with one attached hydrogen (secondary N) is 3. The monoisotopic (exact) mass is 261 g/mol. The summed E-state index contributed by atoms with van der Waals surface area (Å²) in [4.78, 5) is 26.5. The number of fused-ring (bicyclic) bond motifs is 1. The molecule has 0 saturated carbocycles. The van der Waals surface area contributed by atoms with E-state index in [-0.39, 0.29) is 5.91 Å². The highest BCUT2D eigenvalue weighted by Crippen LogP contribution is 2.33. The molecule has 0 aliphatic carbocycles. The Labute approximate surface area is 110 Å². The van der Waals surface area contributed by atoms with Crippen molar-refractivity contribution in [3.8, 4) is 0 Å². The summed E-state index contributed by atoms with van der Waals surface area (Å²) in [6.07, 6.45) is 3.33. The Bertz CT molecular complexity index is 586. The van der Waals surface area contributed by atoms with Gasteiger partial charge in [0, 0.05) is 12.7 Å². The molecule has 3 heterocycles. The summed E-state index contributed by atoms with van der Waals surface area (Å²) in [6.45, 7) is 2.75. The van der Waals surface area contributed by atoms with Crippen molar-refractivity contribution >= 4 is 17.6 Å². The van der Waals surface area contributed by atoms with Crippen molar-refractivity contribution in [1.82, 2.24) is 10.3 Å². The average molecular weight is 261 g/mol. The zero-order valence-corrected chi connectivity index (χ0v) is 10.6. The first-order chi connectivity index (χ1) is 9.20. The number of ether oxygens (including phenoxy) is 1. The number of hydrogen-bond donors (Lipinski definition) is 3. The van der Waals surface area contributed by atoms with Gasteiger partial charge in [0.1, 0.15) is 11.4 Å². The molecule has 1 amide bonds. The van der Waals surface area contributed by atoms with E-state index in [4.69, 9.17) is 4.74 Å². The number of carbonyl (C=O) groups is 2. The van der Waals surface area contributed by atoms with Crippen LogP contribution in [-0.2, 0) is 16.0 Å². The van der Waals surface area contributed by atoms with Gasteiger partial charge in [-0.2, -0.15) is 0 Å². The second-order valence-electron chi connectivity index (χ2n) is 4.57. The fourth-order valence-electron chi connectivity index (χ4n) is 2.49. The molecule has 0 radical (unpaired) electrons. The summed E-state index contributed by atoms with van der Waals surface area (Å²) in [5.74, 6) is -0.514. The van der Waals surface area contributed by atoms with Crippen molar-refractivity contribution in [3.05, 3.63) is 28.7 Å². The molecule has 0 atom stereocenters. The molecule has 3 rings (SSSR count). The molecule has 0 aromatic carbocycles. The van der Waals surface area contributed by atoms with Crippen molar-refractivity contribution in [2.24, 2.45) is 0 Å². The van der Waals surface area contributed by atoms with Gasteiger partial charge < -0.3 is 20.4 Å². The van der Waals surface area contributed by atoms with Gasteiger partial charge in [-0.15, -0.1) is 0 Å². The first-order valence-electron chi connectivity index (χ1n) is 6.35. The molecule has 0 bridgehead atoms. The van der Waals surface area contributed by atoms with E-state index in [1.54, 1.807) is 13.1 Å². The Kier molecular flexibility index (Phi) is 2.77. The number of H-pyrrole nitrogens is 1. The van der Waals surface area contributed by atoms with Gasteiger partial charge in [0.15, 0.2) is 0 Å². The Hall–Kier alpha value is -2.24. The van der Waals surface area contributed by atoms with E-state index in [0.717, 1.165) is 17.6 Å². The maximum Gasteiger partial charge on any atom is 0.356 e. The number of aromatic amines is 1. The number of rotatable bonds is 2. The molecule has 19 heavy (non-hydrogen) atoms. The molecule has 2 aliphatic rings. The summed E-state index contributed by atoms with van der Waals surface area (Å²) in [6, 6.07) is 0. The molecule has 6 heteroatoms.